The molecule has 8 aromatic carbocycles. The Balaban J connectivity index is 0.000000102. The van der Waals surface area contributed by atoms with Crippen molar-refractivity contribution in [3.05, 3.63) is 262 Å². The highest BCUT2D eigenvalue weighted by Gasteiger charge is 2.33. The Morgan fingerprint density at radius 3 is 1.56 bits per heavy atom. The fourth-order valence-corrected chi connectivity index (χ4v) is 13.4. The van der Waals surface area contributed by atoms with Gasteiger partial charge in [0.05, 0.1) is 33.0 Å². The molecule has 81 heavy (non-hydrogen) atoms. The van der Waals surface area contributed by atoms with Crippen LogP contribution < -0.4 is 18.3 Å². The number of hydrogen-bond donors (Lipinski definition) is 0. The van der Waals surface area contributed by atoms with E-state index in [2.05, 4.69) is 287 Å². The van der Waals surface area contributed by atoms with E-state index in [0.29, 0.717) is 17.8 Å². The van der Waals surface area contributed by atoms with E-state index < -0.39 is 0 Å². The molecule has 0 radical (unpaired) electrons. The Kier molecular flexibility index (Phi) is 13.5. The number of para-hydroxylation sites is 2. The zero-order chi connectivity index (χ0) is 55.6. The van der Waals surface area contributed by atoms with Crippen molar-refractivity contribution in [1.82, 2.24) is 0 Å². The van der Waals surface area contributed by atoms with E-state index in [-0.39, 0.29) is 0 Å². The predicted molar refractivity (Wildman–Crippen MR) is 336 cm³/mol. The number of fused-ring (bicyclic) bond motifs is 20. The molecule has 4 aliphatic rings. The second-order valence-corrected chi connectivity index (χ2v) is 23.9. The molecule has 1 unspecified atom stereocenters. The van der Waals surface area contributed by atoms with E-state index in [1.54, 1.807) is 0 Å². The summed E-state index contributed by atoms with van der Waals surface area (Å²) < 4.78 is 9.66. The third kappa shape index (κ3) is 9.39. The van der Waals surface area contributed by atoms with Crippen molar-refractivity contribution in [1.29, 1.82) is 0 Å². The average molecular weight is 1060 g/mol. The third-order valence-corrected chi connectivity index (χ3v) is 17.9. The van der Waals surface area contributed by atoms with Gasteiger partial charge >= 0.3 is 0 Å². The summed E-state index contributed by atoms with van der Waals surface area (Å²) in [7, 11) is 0. The van der Waals surface area contributed by atoms with Crippen molar-refractivity contribution >= 4 is 43.4 Å². The van der Waals surface area contributed by atoms with Gasteiger partial charge in [-0.25, -0.2) is 0 Å². The molecule has 12 aromatic rings. The van der Waals surface area contributed by atoms with Gasteiger partial charge in [0.25, 0.3) is 0 Å². The van der Waals surface area contributed by atoms with Crippen LogP contribution in [0.1, 0.15) is 121 Å². The first-order valence-corrected chi connectivity index (χ1v) is 29.6. The van der Waals surface area contributed by atoms with Gasteiger partial charge in [0.2, 0.25) is 33.8 Å². The lowest BCUT2D eigenvalue weighted by molar-refractivity contribution is -0.671. The highest BCUT2D eigenvalue weighted by molar-refractivity contribution is 5.95. The van der Waals surface area contributed by atoms with Crippen LogP contribution in [-0.2, 0) is 26.2 Å². The van der Waals surface area contributed by atoms with Crippen LogP contribution in [0.2, 0.25) is 0 Å². The molecule has 1 atom stereocenters. The minimum Gasteiger partial charge on any atom is -0.193 e. The maximum absolute atomic E-state index is 2.47. The minimum atomic E-state index is 0.574. The van der Waals surface area contributed by atoms with Gasteiger partial charge in [0.1, 0.15) is 0 Å². The van der Waals surface area contributed by atoms with Crippen LogP contribution in [0, 0.1) is 20.8 Å². The number of aromatic nitrogens is 4. The topological polar surface area (TPSA) is 15.5 Å². The molecule has 8 heterocycles. The fourth-order valence-electron chi connectivity index (χ4n) is 13.4. The van der Waals surface area contributed by atoms with Crippen LogP contribution in [0.5, 0.6) is 0 Å². The van der Waals surface area contributed by atoms with Gasteiger partial charge in [-0.3, -0.25) is 0 Å². The van der Waals surface area contributed by atoms with Crippen molar-refractivity contribution in [3.63, 3.8) is 0 Å². The molecule has 0 saturated heterocycles. The Labute approximate surface area is 478 Å². The van der Waals surface area contributed by atoms with E-state index in [4.69, 9.17) is 0 Å². The molecule has 4 heteroatoms. The smallest absolute Gasteiger partial charge is 0.193 e. The average Bonchev–Trinajstić information content (AvgIpc) is 4.40. The van der Waals surface area contributed by atoms with E-state index in [1.807, 2.05) is 0 Å². The van der Waals surface area contributed by atoms with Gasteiger partial charge in [-0.1, -0.05) is 133 Å². The SMILES string of the molecule is CC(C)c1ccc2c(c1)C[n+]1ccc3ccccc3c1-2.CCC(C)c1ccc2c(c1)C[n+]1ccc3ccccc3c1-2.Cc1cc(C)c2c(c1)-c1ccc3ccccc3[n+]1C2.Cc1cc2ccccc2[n+]2c1-c1cc(C(C)C)ccc1C2. The number of rotatable bonds is 4. The number of benzene rings is 8. The maximum Gasteiger partial charge on any atom is 0.221 e. The number of nitrogens with zero attached hydrogens (tertiary/aromatic N) is 4. The zero-order valence-electron chi connectivity index (χ0n) is 48.7. The molecule has 398 valence electrons. The Hall–Kier alpha value is -8.60. The van der Waals surface area contributed by atoms with Crippen LogP contribution in [-0.4, -0.2) is 0 Å². The quantitative estimate of drug-likeness (QED) is 0.156. The first-order chi connectivity index (χ1) is 39.4. The highest BCUT2D eigenvalue weighted by Crippen LogP contribution is 2.38. The summed E-state index contributed by atoms with van der Waals surface area (Å²) >= 11 is 0. The van der Waals surface area contributed by atoms with Crippen LogP contribution in [0.4, 0.5) is 0 Å². The summed E-state index contributed by atoms with van der Waals surface area (Å²) in [5.74, 6) is 1.80. The summed E-state index contributed by atoms with van der Waals surface area (Å²) in [5, 5.41) is 7.99. The summed E-state index contributed by atoms with van der Waals surface area (Å²) in [6, 6.07) is 71.5. The largest absolute Gasteiger partial charge is 0.221 e. The Morgan fingerprint density at radius 2 is 0.926 bits per heavy atom. The van der Waals surface area contributed by atoms with Crippen molar-refractivity contribution in [2.24, 2.45) is 0 Å². The number of hydrogen-bond acceptors (Lipinski definition) is 0. The lowest BCUT2D eigenvalue weighted by atomic mass is 9.94. The Bertz CT molecular complexity index is 4460. The zero-order valence-corrected chi connectivity index (χ0v) is 48.7. The van der Waals surface area contributed by atoms with E-state index in [1.165, 1.54) is 150 Å². The van der Waals surface area contributed by atoms with Crippen molar-refractivity contribution in [2.45, 2.75) is 113 Å². The summed E-state index contributed by atoms with van der Waals surface area (Å²) in [6.07, 6.45) is 5.63. The molecular formula is C77H74N4+4. The molecule has 0 bridgehead atoms. The molecule has 0 saturated carbocycles. The van der Waals surface area contributed by atoms with Crippen molar-refractivity contribution < 1.29 is 18.3 Å². The maximum atomic E-state index is 2.47. The van der Waals surface area contributed by atoms with Gasteiger partial charge in [0.15, 0.2) is 38.6 Å². The first kappa shape index (κ1) is 51.8. The second-order valence-electron chi connectivity index (χ2n) is 23.9. The third-order valence-electron chi connectivity index (χ3n) is 17.9. The predicted octanol–water partition coefficient (Wildman–Crippen LogP) is 17.3. The molecule has 4 nitrogen and oxygen atoms in total. The number of aryl methyl sites for hydroxylation is 3. The lowest BCUT2D eigenvalue weighted by Gasteiger charge is -2.09. The standard InChI is InChI=1S/2C20H20N.C19H18N.C18H16N/c1-13(2)15-8-9-17-12-21-19-7-5-4-6-16(19)10-14(3)20(21)18(17)11-15;1-3-14(2)16-8-9-19-17(12-16)13-21-11-10-15-6-4-5-7-18(15)20(19)21;1-13(2)15-7-8-18-16(11-15)12-20-10-9-14-5-3-4-6-17(14)19(18)20;1-12-9-13(2)16-11-19-17-6-4-3-5-14(17)7-8-18(19)15(16)10-12/h4-11,13H,12H2,1-3H3;4-12,14H,3,13H2,1-2H3;3-11,13H,12H2,1-2H3;3-10H,11H2,1-2H3/q4*+1. The Morgan fingerprint density at radius 1 is 0.383 bits per heavy atom. The van der Waals surface area contributed by atoms with Gasteiger partial charge in [-0.2, -0.15) is 18.3 Å². The summed E-state index contributed by atoms with van der Waals surface area (Å²) in [6.45, 7) is 24.2. The van der Waals surface area contributed by atoms with E-state index >= 15 is 0 Å². The van der Waals surface area contributed by atoms with Crippen molar-refractivity contribution in [3.8, 4) is 45.0 Å². The minimum absolute atomic E-state index is 0.574. The lowest BCUT2D eigenvalue weighted by Crippen LogP contribution is -2.34. The molecular weight excluding hydrogens is 981 g/mol. The van der Waals surface area contributed by atoms with Gasteiger partial charge < -0.3 is 0 Å². The molecule has 0 N–H and O–H groups in total. The molecule has 4 aromatic heterocycles. The highest BCUT2D eigenvalue weighted by atomic mass is 15.0. The molecule has 0 aliphatic carbocycles. The van der Waals surface area contributed by atoms with Crippen molar-refractivity contribution in [2.75, 3.05) is 0 Å². The number of pyridine rings is 4. The van der Waals surface area contributed by atoms with Gasteiger partial charge in [-0.05, 0) is 156 Å². The van der Waals surface area contributed by atoms with Crippen LogP contribution in [0.15, 0.2) is 207 Å². The van der Waals surface area contributed by atoms with E-state index in [9.17, 15) is 0 Å². The molecule has 0 spiro atoms. The van der Waals surface area contributed by atoms with Gasteiger partial charge in [-0.15, -0.1) is 0 Å². The van der Waals surface area contributed by atoms with Crippen LogP contribution in [0.3, 0.4) is 0 Å². The molecule has 0 fully saturated rings. The van der Waals surface area contributed by atoms with Crippen LogP contribution >= 0.6 is 0 Å². The normalized spacial score (nSPS) is 13.0. The summed E-state index contributed by atoms with van der Waals surface area (Å²) in [5.41, 5.74) is 28.0. The molecule has 4 aliphatic heterocycles. The molecule has 16 rings (SSSR count). The fraction of sp³-hybridized carbons (Fsp3) is 0.221. The first-order valence-electron chi connectivity index (χ1n) is 29.6. The summed E-state index contributed by atoms with van der Waals surface area (Å²) in [4.78, 5) is 0. The van der Waals surface area contributed by atoms with Gasteiger partial charge in [0, 0.05) is 68.9 Å². The van der Waals surface area contributed by atoms with E-state index in [0.717, 1.165) is 26.2 Å². The second kappa shape index (κ2) is 21.1. The van der Waals surface area contributed by atoms with Crippen LogP contribution in [0.25, 0.3) is 88.4 Å². The molecule has 0 amide bonds. The monoisotopic (exact) mass is 1050 g/mol.